The van der Waals surface area contributed by atoms with Crippen LogP contribution in [0.5, 0.6) is 5.75 Å². The van der Waals surface area contributed by atoms with Crippen molar-refractivity contribution in [3.8, 4) is 5.75 Å². The molecule has 0 aliphatic carbocycles. The molecular weight excluding hydrogens is 250 g/mol. The summed E-state index contributed by atoms with van der Waals surface area (Å²) in [6, 6.07) is 14.1. The Morgan fingerprint density at radius 1 is 1.15 bits per heavy atom. The molecule has 1 atom stereocenters. The van der Waals surface area contributed by atoms with Gasteiger partial charge in [-0.05, 0) is 35.7 Å². The molecule has 0 heterocycles. The van der Waals surface area contributed by atoms with Crippen molar-refractivity contribution in [1.29, 1.82) is 0 Å². The van der Waals surface area contributed by atoms with Crippen LogP contribution < -0.4 is 10.1 Å². The van der Waals surface area contributed by atoms with Crippen molar-refractivity contribution >= 4 is 12.1 Å². The first-order chi connectivity index (χ1) is 9.67. The monoisotopic (exact) mass is 269 g/mol. The number of methoxy groups -OCH3 is 1. The third kappa shape index (κ3) is 2.82. The first kappa shape index (κ1) is 14.1. The van der Waals surface area contributed by atoms with Gasteiger partial charge in [0.2, 0.25) is 6.41 Å². The Labute approximate surface area is 119 Å². The molecule has 1 amide bonds. The van der Waals surface area contributed by atoms with Crippen molar-refractivity contribution in [2.75, 3.05) is 12.4 Å². The number of carbonyl (C=O) groups is 1. The predicted molar refractivity (Wildman–Crippen MR) is 81.4 cm³/mol. The summed E-state index contributed by atoms with van der Waals surface area (Å²) in [6.07, 6.45) is 0.729. The van der Waals surface area contributed by atoms with E-state index in [1.165, 1.54) is 5.56 Å². The largest absolute Gasteiger partial charge is 0.497 e. The molecule has 0 aliphatic heterocycles. The Morgan fingerprint density at radius 3 is 2.45 bits per heavy atom. The summed E-state index contributed by atoms with van der Waals surface area (Å²) in [5.74, 6) is 1.04. The maximum absolute atomic E-state index is 10.8. The Hall–Kier alpha value is -2.29. The van der Waals surface area contributed by atoms with E-state index in [1.807, 2.05) is 37.3 Å². The number of amides is 1. The minimum atomic E-state index is 0.197. The molecule has 3 nitrogen and oxygen atoms in total. The fraction of sp³-hybridized carbons (Fsp3) is 0.235. The number of ether oxygens (including phenoxy) is 1. The van der Waals surface area contributed by atoms with E-state index in [-0.39, 0.29) is 5.92 Å². The Bertz CT molecular complexity index is 590. The average Bonchev–Trinajstić information content (AvgIpc) is 2.49. The van der Waals surface area contributed by atoms with Gasteiger partial charge in [0.1, 0.15) is 5.75 Å². The van der Waals surface area contributed by atoms with Gasteiger partial charge in [0.05, 0.1) is 7.11 Å². The van der Waals surface area contributed by atoms with Crippen LogP contribution in [0.1, 0.15) is 29.5 Å². The quantitative estimate of drug-likeness (QED) is 0.840. The van der Waals surface area contributed by atoms with Gasteiger partial charge in [-0.3, -0.25) is 4.79 Å². The second kappa shape index (κ2) is 6.24. The summed E-state index contributed by atoms with van der Waals surface area (Å²) in [5, 5.41) is 2.81. The van der Waals surface area contributed by atoms with E-state index >= 15 is 0 Å². The molecule has 104 valence electrons. The molecule has 0 saturated carbocycles. The van der Waals surface area contributed by atoms with Crippen LogP contribution in [0.3, 0.4) is 0 Å². The van der Waals surface area contributed by atoms with Crippen LogP contribution in [-0.4, -0.2) is 13.5 Å². The van der Waals surface area contributed by atoms with Crippen molar-refractivity contribution in [1.82, 2.24) is 0 Å². The van der Waals surface area contributed by atoms with Gasteiger partial charge >= 0.3 is 0 Å². The van der Waals surface area contributed by atoms with Crippen molar-refractivity contribution in [3.05, 3.63) is 59.2 Å². The second-order valence-corrected chi connectivity index (χ2v) is 4.80. The smallest absolute Gasteiger partial charge is 0.211 e. The maximum Gasteiger partial charge on any atom is 0.211 e. The molecule has 1 N–H and O–H groups in total. The molecule has 20 heavy (non-hydrogen) atoms. The Kier molecular flexibility index (Phi) is 4.41. The lowest BCUT2D eigenvalue weighted by molar-refractivity contribution is -0.105. The van der Waals surface area contributed by atoms with E-state index in [0.29, 0.717) is 0 Å². The Morgan fingerprint density at radius 2 is 1.85 bits per heavy atom. The number of hydrogen-bond acceptors (Lipinski definition) is 2. The molecule has 0 bridgehead atoms. The maximum atomic E-state index is 10.8. The minimum absolute atomic E-state index is 0.197. The topological polar surface area (TPSA) is 38.3 Å². The number of hydrogen-bond donors (Lipinski definition) is 1. The molecule has 0 radical (unpaired) electrons. The summed E-state index contributed by atoms with van der Waals surface area (Å²) in [6.45, 7) is 4.13. The van der Waals surface area contributed by atoms with E-state index in [0.717, 1.165) is 29.0 Å². The third-order valence-corrected chi connectivity index (χ3v) is 3.59. The van der Waals surface area contributed by atoms with Gasteiger partial charge in [-0.1, -0.05) is 37.3 Å². The van der Waals surface area contributed by atoms with Crippen LogP contribution in [0, 0.1) is 6.92 Å². The lowest BCUT2D eigenvalue weighted by Gasteiger charge is -2.18. The fourth-order valence-corrected chi connectivity index (χ4v) is 2.38. The fourth-order valence-electron chi connectivity index (χ4n) is 2.38. The van der Waals surface area contributed by atoms with E-state index in [1.54, 1.807) is 7.11 Å². The number of benzene rings is 2. The molecule has 2 aromatic rings. The van der Waals surface area contributed by atoms with Crippen LogP contribution in [0.15, 0.2) is 42.5 Å². The van der Waals surface area contributed by atoms with Crippen LogP contribution in [0.4, 0.5) is 5.69 Å². The second-order valence-electron chi connectivity index (χ2n) is 4.80. The highest BCUT2D eigenvalue weighted by Crippen LogP contribution is 2.32. The summed E-state index contributed by atoms with van der Waals surface area (Å²) < 4.78 is 5.18. The molecule has 0 saturated heterocycles. The van der Waals surface area contributed by atoms with E-state index < -0.39 is 0 Å². The summed E-state index contributed by atoms with van der Waals surface area (Å²) in [5.41, 5.74) is 4.26. The summed E-state index contributed by atoms with van der Waals surface area (Å²) in [4.78, 5) is 10.8. The molecule has 0 aromatic heterocycles. The highest BCUT2D eigenvalue weighted by molar-refractivity contribution is 5.76. The lowest BCUT2D eigenvalue weighted by Crippen LogP contribution is -2.05. The third-order valence-electron chi connectivity index (χ3n) is 3.59. The van der Waals surface area contributed by atoms with Gasteiger partial charge in [0.15, 0.2) is 0 Å². The van der Waals surface area contributed by atoms with Crippen molar-refractivity contribution in [2.45, 2.75) is 19.8 Å². The van der Waals surface area contributed by atoms with Gasteiger partial charge in [-0.2, -0.15) is 0 Å². The number of aryl methyl sites for hydroxylation is 1. The van der Waals surface area contributed by atoms with E-state index in [2.05, 4.69) is 24.4 Å². The standard InChI is InChI=1S/C17H19NO2/c1-12-5-4-6-16(17(12)18-11-19)13(2)14-7-9-15(20-3)10-8-14/h4-11,13H,1-3H3,(H,18,19). The molecule has 0 fully saturated rings. The van der Waals surface area contributed by atoms with Crippen molar-refractivity contribution in [3.63, 3.8) is 0 Å². The summed E-state index contributed by atoms with van der Waals surface area (Å²) in [7, 11) is 1.66. The normalized spacial score (nSPS) is 11.8. The number of nitrogens with one attached hydrogen (secondary N) is 1. The predicted octanol–water partition coefficient (Wildman–Crippen LogP) is 3.72. The SMILES string of the molecule is COc1ccc(C(C)c2cccc(C)c2NC=O)cc1. The number of rotatable bonds is 5. The van der Waals surface area contributed by atoms with Crippen LogP contribution in [-0.2, 0) is 4.79 Å². The molecular formula is C17H19NO2. The Balaban J connectivity index is 2.38. The molecule has 2 rings (SSSR count). The number of carbonyl (C=O) groups excluding carboxylic acids is 1. The van der Waals surface area contributed by atoms with Gasteiger partial charge in [0, 0.05) is 11.6 Å². The number of anilines is 1. The van der Waals surface area contributed by atoms with Crippen LogP contribution >= 0.6 is 0 Å². The van der Waals surface area contributed by atoms with Crippen molar-refractivity contribution < 1.29 is 9.53 Å². The van der Waals surface area contributed by atoms with Gasteiger partial charge in [-0.25, -0.2) is 0 Å². The highest BCUT2D eigenvalue weighted by atomic mass is 16.5. The zero-order valence-corrected chi connectivity index (χ0v) is 12.0. The van der Waals surface area contributed by atoms with Crippen LogP contribution in [0.25, 0.3) is 0 Å². The zero-order chi connectivity index (χ0) is 14.5. The first-order valence-corrected chi connectivity index (χ1v) is 6.61. The first-order valence-electron chi connectivity index (χ1n) is 6.61. The summed E-state index contributed by atoms with van der Waals surface area (Å²) >= 11 is 0. The molecule has 0 spiro atoms. The van der Waals surface area contributed by atoms with E-state index in [4.69, 9.17) is 4.74 Å². The zero-order valence-electron chi connectivity index (χ0n) is 12.0. The molecule has 0 aliphatic rings. The molecule has 3 heteroatoms. The van der Waals surface area contributed by atoms with E-state index in [9.17, 15) is 4.79 Å². The molecule has 1 unspecified atom stereocenters. The van der Waals surface area contributed by atoms with Crippen LogP contribution in [0.2, 0.25) is 0 Å². The van der Waals surface area contributed by atoms with Gasteiger partial charge < -0.3 is 10.1 Å². The minimum Gasteiger partial charge on any atom is -0.497 e. The average molecular weight is 269 g/mol. The molecule has 2 aromatic carbocycles. The highest BCUT2D eigenvalue weighted by Gasteiger charge is 2.14. The lowest BCUT2D eigenvalue weighted by atomic mass is 9.90. The van der Waals surface area contributed by atoms with Crippen molar-refractivity contribution in [2.24, 2.45) is 0 Å². The number of para-hydroxylation sites is 1. The van der Waals surface area contributed by atoms with Gasteiger partial charge in [0.25, 0.3) is 0 Å². The van der Waals surface area contributed by atoms with Gasteiger partial charge in [-0.15, -0.1) is 0 Å².